The lowest BCUT2D eigenvalue weighted by molar-refractivity contribution is -0.600. The highest BCUT2D eigenvalue weighted by atomic mass is 15.2. The summed E-state index contributed by atoms with van der Waals surface area (Å²) in [7, 11) is 0. The van der Waals surface area contributed by atoms with Crippen molar-refractivity contribution < 1.29 is 4.57 Å². The van der Waals surface area contributed by atoms with Gasteiger partial charge in [-0.1, -0.05) is 52.0 Å². The van der Waals surface area contributed by atoms with Gasteiger partial charge in [-0.2, -0.15) is 0 Å². The molecule has 3 rings (SSSR count). The van der Waals surface area contributed by atoms with E-state index in [0.717, 1.165) is 5.82 Å². The van der Waals surface area contributed by atoms with Crippen molar-refractivity contribution >= 4 is 0 Å². The van der Waals surface area contributed by atoms with Gasteiger partial charge in [0.05, 0.1) is 5.69 Å². The monoisotopic (exact) mass is 305 g/mol. The summed E-state index contributed by atoms with van der Waals surface area (Å²) in [4.78, 5) is 4.39. The molecule has 0 aliphatic rings. The molecule has 0 unspecified atom stereocenters. The number of rotatable bonds is 4. The minimum Gasteiger partial charge on any atom is -0.298 e. The van der Waals surface area contributed by atoms with Crippen LogP contribution in [0.25, 0.3) is 11.5 Å². The second kappa shape index (κ2) is 6.37. The number of benzene rings is 1. The Morgan fingerprint density at radius 1 is 0.957 bits per heavy atom. The lowest BCUT2D eigenvalue weighted by Crippen LogP contribution is -2.32. The van der Waals surface area contributed by atoms with Crippen molar-refractivity contribution in [1.82, 2.24) is 9.55 Å². The van der Waals surface area contributed by atoms with Crippen LogP contribution in [0.5, 0.6) is 0 Å². The molecule has 23 heavy (non-hydrogen) atoms. The van der Waals surface area contributed by atoms with Gasteiger partial charge in [-0.05, 0) is 35.1 Å². The molecule has 0 fully saturated rings. The molecule has 0 amide bonds. The number of hydrogen-bond donors (Lipinski definition) is 0. The van der Waals surface area contributed by atoms with Gasteiger partial charge < -0.3 is 0 Å². The third kappa shape index (κ3) is 3.04. The van der Waals surface area contributed by atoms with Gasteiger partial charge >= 0.3 is 0 Å². The van der Waals surface area contributed by atoms with E-state index in [1.165, 1.54) is 16.8 Å². The van der Waals surface area contributed by atoms with Crippen LogP contribution in [0.1, 0.15) is 50.7 Å². The molecule has 0 N–H and O–H groups in total. The van der Waals surface area contributed by atoms with Crippen LogP contribution >= 0.6 is 0 Å². The number of imidazole rings is 1. The van der Waals surface area contributed by atoms with Crippen LogP contribution in [-0.2, 0) is 0 Å². The summed E-state index contributed by atoms with van der Waals surface area (Å²) in [6.45, 7) is 8.94. The third-order valence-corrected chi connectivity index (χ3v) is 4.06. The van der Waals surface area contributed by atoms with Crippen molar-refractivity contribution in [2.45, 2.75) is 39.5 Å². The quantitative estimate of drug-likeness (QED) is 0.523. The Hall–Kier alpha value is -2.42. The molecular weight excluding hydrogens is 282 g/mol. The summed E-state index contributed by atoms with van der Waals surface area (Å²) in [6.07, 6.45) is 9.27. The fourth-order valence-corrected chi connectivity index (χ4v) is 2.85. The number of pyridine rings is 1. The minimum absolute atomic E-state index is 0.461. The predicted octanol–water partition coefficient (Wildman–Crippen LogP) is 4.20. The number of aromatic nitrogens is 3. The van der Waals surface area contributed by atoms with E-state index in [-0.39, 0.29) is 0 Å². The van der Waals surface area contributed by atoms with Gasteiger partial charge in [0, 0.05) is 18.6 Å². The summed E-state index contributed by atoms with van der Waals surface area (Å²) >= 11 is 0. The van der Waals surface area contributed by atoms with Gasteiger partial charge in [-0.3, -0.25) is 14.1 Å². The van der Waals surface area contributed by atoms with E-state index >= 15 is 0 Å². The molecule has 0 atom stereocenters. The van der Waals surface area contributed by atoms with Gasteiger partial charge in [-0.15, -0.1) is 0 Å². The van der Waals surface area contributed by atoms with E-state index in [0.29, 0.717) is 11.8 Å². The summed E-state index contributed by atoms with van der Waals surface area (Å²) < 4.78 is 4.03. The Morgan fingerprint density at radius 3 is 2.22 bits per heavy atom. The van der Waals surface area contributed by atoms with Crippen molar-refractivity contribution in [1.29, 1.82) is 0 Å². The van der Waals surface area contributed by atoms with E-state index in [1.807, 2.05) is 29.0 Å². The number of para-hydroxylation sites is 1. The average Bonchev–Trinajstić information content (AvgIpc) is 3.04. The molecular formula is C20H23N3. The molecule has 0 aliphatic heterocycles. The van der Waals surface area contributed by atoms with Crippen LogP contribution in [0.4, 0.5) is 0 Å². The maximum atomic E-state index is 4.39. The molecule has 0 spiro atoms. The Balaban J connectivity index is 2.14. The summed E-state index contributed by atoms with van der Waals surface area (Å²) in [5.41, 5.74) is 3.93. The molecule has 0 saturated carbocycles. The smallest absolute Gasteiger partial charge is 0.270 e. The molecule has 1 aromatic carbocycles. The summed E-state index contributed by atoms with van der Waals surface area (Å²) in [5, 5.41) is 0. The zero-order valence-electron chi connectivity index (χ0n) is 14.2. The molecule has 118 valence electrons. The van der Waals surface area contributed by atoms with Gasteiger partial charge in [0.2, 0.25) is 0 Å². The third-order valence-electron chi connectivity index (χ3n) is 4.06. The second-order valence-corrected chi connectivity index (χ2v) is 6.42. The molecule has 3 aromatic rings. The van der Waals surface area contributed by atoms with E-state index in [1.54, 1.807) is 6.20 Å². The van der Waals surface area contributed by atoms with Gasteiger partial charge in [0.15, 0.2) is 5.82 Å². The standard InChI is InChI=1S/C20H23N3/c1-15(2)17-8-7-9-18(16(3)4)20(17)23-13-12-22(14-23)19-10-5-6-11-21-19/h5-13,15-16H,1-4H3. The first-order valence-electron chi connectivity index (χ1n) is 8.15. The van der Waals surface area contributed by atoms with Crippen LogP contribution in [0.3, 0.4) is 0 Å². The van der Waals surface area contributed by atoms with Gasteiger partial charge in [0.25, 0.3) is 6.33 Å². The number of nitrogens with zero attached hydrogens (tertiary/aromatic N) is 3. The Morgan fingerprint density at radius 2 is 1.65 bits per heavy atom. The van der Waals surface area contributed by atoms with Crippen molar-refractivity contribution in [3.63, 3.8) is 0 Å². The highest BCUT2D eigenvalue weighted by Gasteiger charge is 2.16. The zero-order valence-corrected chi connectivity index (χ0v) is 14.2. The first-order chi connectivity index (χ1) is 11.1. The van der Waals surface area contributed by atoms with Crippen molar-refractivity contribution in [2.24, 2.45) is 0 Å². The normalized spacial score (nSPS) is 11.4. The molecule has 2 heterocycles. The van der Waals surface area contributed by atoms with Gasteiger partial charge in [-0.25, -0.2) is 0 Å². The van der Waals surface area contributed by atoms with Crippen molar-refractivity contribution in [2.75, 3.05) is 0 Å². The van der Waals surface area contributed by atoms with E-state index < -0.39 is 0 Å². The van der Waals surface area contributed by atoms with Crippen LogP contribution in [0.2, 0.25) is 0 Å². The molecule has 2 aromatic heterocycles. The largest absolute Gasteiger partial charge is 0.298 e. The Bertz CT molecular complexity index is 759. The van der Waals surface area contributed by atoms with E-state index in [9.17, 15) is 0 Å². The van der Waals surface area contributed by atoms with Crippen LogP contribution in [-0.4, -0.2) is 9.55 Å². The first-order valence-corrected chi connectivity index (χ1v) is 8.15. The van der Waals surface area contributed by atoms with Gasteiger partial charge in [0.1, 0.15) is 0 Å². The lowest BCUT2D eigenvalue weighted by atomic mass is 9.92. The highest BCUT2D eigenvalue weighted by Crippen LogP contribution is 2.27. The van der Waals surface area contributed by atoms with Crippen molar-refractivity contribution in [3.8, 4) is 11.5 Å². The molecule has 0 aliphatic carbocycles. The predicted molar refractivity (Wildman–Crippen MR) is 92.1 cm³/mol. The SMILES string of the molecule is CC(C)c1cccc(C(C)C)c1-[n+]1[c-]n(-c2ccccn2)cc1. The average molecular weight is 305 g/mol. The minimum atomic E-state index is 0.461. The topological polar surface area (TPSA) is 21.7 Å². The lowest BCUT2D eigenvalue weighted by Gasteiger charge is -2.19. The highest BCUT2D eigenvalue weighted by molar-refractivity contribution is 5.45. The first kappa shape index (κ1) is 15.5. The Labute approximate surface area is 138 Å². The van der Waals surface area contributed by atoms with E-state index in [2.05, 4.69) is 68.0 Å². The summed E-state index contributed by atoms with van der Waals surface area (Å²) in [6, 6.07) is 12.5. The maximum Gasteiger partial charge on any atom is 0.270 e. The summed E-state index contributed by atoms with van der Waals surface area (Å²) in [5.74, 6) is 1.80. The van der Waals surface area contributed by atoms with Crippen molar-refractivity contribution in [3.05, 3.63) is 72.4 Å². The van der Waals surface area contributed by atoms with Crippen LogP contribution in [0, 0.1) is 6.33 Å². The molecule has 0 radical (unpaired) electrons. The molecule has 0 saturated heterocycles. The molecule has 0 bridgehead atoms. The number of hydrogen-bond acceptors (Lipinski definition) is 1. The maximum absolute atomic E-state index is 4.39. The molecule has 3 heteroatoms. The van der Waals surface area contributed by atoms with E-state index in [4.69, 9.17) is 0 Å². The zero-order chi connectivity index (χ0) is 16.4. The van der Waals surface area contributed by atoms with Crippen LogP contribution < -0.4 is 4.57 Å². The Kier molecular flexibility index (Phi) is 4.28. The molecule has 3 nitrogen and oxygen atoms in total. The fourth-order valence-electron chi connectivity index (χ4n) is 2.85. The second-order valence-electron chi connectivity index (χ2n) is 6.42. The van der Waals surface area contributed by atoms with Crippen LogP contribution in [0.15, 0.2) is 55.0 Å². The fraction of sp³-hybridized carbons (Fsp3) is 0.300.